The first kappa shape index (κ1) is 23.7. The lowest BCUT2D eigenvalue weighted by molar-refractivity contribution is -0.387. The number of ether oxygens (including phenoxy) is 3. The van der Waals surface area contributed by atoms with Gasteiger partial charge in [0.15, 0.2) is 12.6 Å². The number of thioether (sulfide) groups is 1. The van der Waals surface area contributed by atoms with Crippen molar-refractivity contribution in [2.45, 2.75) is 18.1 Å². The van der Waals surface area contributed by atoms with Gasteiger partial charge in [0.1, 0.15) is 12.4 Å². The number of halogens is 1. The predicted molar refractivity (Wildman–Crippen MR) is 126 cm³/mol. The van der Waals surface area contributed by atoms with Crippen LogP contribution in [0.25, 0.3) is 0 Å². The van der Waals surface area contributed by atoms with Gasteiger partial charge in [-0.1, -0.05) is 29.8 Å². The second-order valence-corrected chi connectivity index (χ2v) is 8.54. The molecular weight excluding hydrogens is 482 g/mol. The number of esters is 1. The van der Waals surface area contributed by atoms with Gasteiger partial charge in [0.25, 0.3) is 5.69 Å². The molecule has 0 unspecified atom stereocenters. The van der Waals surface area contributed by atoms with Crippen molar-refractivity contribution in [1.82, 2.24) is 0 Å². The number of ketones is 1. The Bertz CT molecular complexity index is 1290. The molecule has 0 spiro atoms. The first-order chi connectivity index (χ1) is 16.4. The number of hydrogen-bond acceptors (Lipinski definition) is 8. The maximum Gasteiger partial charge on any atom is 0.339 e. The summed E-state index contributed by atoms with van der Waals surface area (Å²) in [5.74, 6) is -0.696. The monoisotopic (exact) mass is 499 g/mol. The van der Waals surface area contributed by atoms with Crippen LogP contribution < -0.4 is 4.74 Å². The number of rotatable bonds is 7. The Hall–Kier alpha value is -3.40. The van der Waals surface area contributed by atoms with Gasteiger partial charge >= 0.3 is 5.97 Å². The van der Waals surface area contributed by atoms with Gasteiger partial charge < -0.3 is 14.2 Å². The molecule has 0 atom stereocenters. The standard InChI is InChI=1S/C24H18ClNO7S/c1-34-21-7-6-14(10-20(21)26(29)30)22(27)18-4-2-3-5-19(18)24(28)32-12-16-9-17(25)8-15-11-31-13-33-23(15)16/h2-10H,11-13H2,1H3. The molecule has 0 aromatic heterocycles. The van der Waals surface area contributed by atoms with Gasteiger partial charge in [0, 0.05) is 33.3 Å². The lowest BCUT2D eigenvalue weighted by Crippen LogP contribution is -2.15. The highest BCUT2D eigenvalue weighted by Gasteiger charge is 2.23. The molecule has 0 fully saturated rings. The topological polar surface area (TPSA) is 105 Å². The van der Waals surface area contributed by atoms with E-state index in [1.165, 1.54) is 42.1 Å². The molecule has 3 aromatic rings. The molecule has 34 heavy (non-hydrogen) atoms. The summed E-state index contributed by atoms with van der Waals surface area (Å²) >= 11 is 7.37. The van der Waals surface area contributed by atoms with Crippen molar-refractivity contribution in [3.8, 4) is 5.75 Å². The van der Waals surface area contributed by atoms with Crippen LogP contribution in [-0.2, 0) is 22.7 Å². The Kier molecular flexibility index (Phi) is 7.16. The summed E-state index contributed by atoms with van der Waals surface area (Å²) in [4.78, 5) is 37.4. The second kappa shape index (κ2) is 10.3. The fourth-order valence-electron chi connectivity index (χ4n) is 3.57. The van der Waals surface area contributed by atoms with Crippen LogP contribution >= 0.6 is 23.4 Å². The molecular formula is C24H18ClNO7S. The summed E-state index contributed by atoms with van der Waals surface area (Å²) in [6.07, 6.45) is 1.71. The number of benzene rings is 3. The van der Waals surface area contributed by atoms with Crippen molar-refractivity contribution in [1.29, 1.82) is 0 Å². The fraction of sp³-hybridized carbons (Fsp3) is 0.167. The average molecular weight is 500 g/mol. The highest BCUT2D eigenvalue weighted by atomic mass is 35.5. The van der Waals surface area contributed by atoms with E-state index >= 15 is 0 Å². The summed E-state index contributed by atoms with van der Waals surface area (Å²) in [5.41, 5.74) is 1.37. The van der Waals surface area contributed by atoms with Crippen molar-refractivity contribution < 1.29 is 28.7 Å². The van der Waals surface area contributed by atoms with Gasteiger partial charge in [-0.3, -0.25) is 14.9 Å². The van der Waals surface area contributed by atoms with E-state index in [0.29, 0.717) is 27.8 Å². The van der Waals surface area contributed by atoms with Crippen LogP contribution in [0.5, 0.6) is 5.75 Å². The molecule has 0 saturated carbocycles. The molecule has 174 valence electrons. The molecule has 0 radical (unpaired) electrons. The van der Waals surface area contributed by atoms with Crippen LogP contribution in [0.1, 0.15) is 37.4 Å². The van der Waals surface area contributed by atoms with Crippen LogP contribution in [0.15, 0.2) is 59.5 Å². The SMILES string of the molecule is CSc1ccc(C(=O)c2ccccc2C(=O)OCc2cc(Cl)cc3c2OCOC3)cc1[N+](=O)[O-]. The van der Waals surface area contributed by atoms with Gasteiger partial charge in [-0.05, 0) is 36.6 Å². The van der Waals surface area contributed by atoms with Crippen molar-refractivity contribution >= 4 is 40.8 Å². The molecule has 3 aromatic carbocycles. The first-order valence-corrected chi connectivity index (χ1v) is 11.6. The molecule has 1 heterocycles. The van der Waals surface area contributed by atoms with E-state index in [4.69, 9.17) is 25.8 Å². The Morgan fingerprint density at radius 3 is 2.65 bits per heavy atom. The highest BCUT2D eigenvalue weighted by Crippen LogP contribution is 2.33. The van der Waals surface area contributed by atoms with Gasteiger partial charge in [0.2, 0.25) is 0 Å². The predicted octanol–water partition coefficient (Wildman–Crippen LogP) is 5.42. The first-order valence-electron chi connectivity index (χ1n) is 10.0. The smallest absolute Gasteiger partial charge is 0.339 e. The van der Waals surface area contributed by atoms with Crippen molar-refractivity contribution in [3.63, 3.8) is 0 Å². The van der Waals surface area contributed by atoms with Crippen molar-refractivity contribution in [3.05, 3.63) is 97.6 Å². The Morgan fingerprint density at radius 2 is 1.91 bits per heavy atom. The normalized spacial score (nSPS) is 12.4. The minimum Gasteiger partial charge on any atom is -0.467 e. The molecule has 0 aliphatic carbocycles. The second-order valence-electron chi connectivity index (χ2n) is 7.26. The Morgan fingerprint density at radius 1 is 1.15 bits per heavy atom. The molecule has 0 amide bonds. The number of carbonyl (C=O) groups excluding carboxylic acids is 2. The third-order valence-electron chi connectivity index (χ3n) is 5.14. The zero-order valence-corrected chi connectivity index (χ0v) is 19.5. The lowest BCUT2D eigenvalue weighted by Gasteiger charge is -2.21. The van der Waals surface area contributed by atoms with E-state index in [1.807, 2.05) is 0 Å². The molecule has 4 rings (SSSR count). The third-order valence-corrected chi connectivity index (χ3v) is 6.14. The summed E-state index contributed by atoms with van der Waals surface area (Å²) in [5, 5.41) is 11.8. The molecule has 8 nitrogen and oxygen atoms in total. The molecule has 0 bridgehead atoms. The number of hydrogen-bond donors (Lipinski definition) is 0. The quantitative estimate of drug-likeness (QED) is 0.139. The van der Waals surface area contributed by atoms with E-state index in [0.717, 1.165) is 5.56 Å². The average Bonchev–Trinajstić information content (AvgIpc) is 2.86. The maximum absolute atomic E-state index is 13.2. The lowest BCUT2D eigenvalue weighted by atomic mass is 9.98. The largest absolute Gasteiger partial charge is 0.467 e. The summed E-state index contributed by atoms with van der Waals surface area (Å²) in [7, 11) is 0. The van der Waals surface area contributed by atoms with Gasteiger partial charge in [-0.2, -0.15) is 0 Å². The van der Waals surface area contributed by atoms with Crippen LogP contribution in [0.2, 0.25) is 5.02 Å². The maximum atomic E-state index is 13.2. The van der Waals surface area contributed by atoms with Crippen LogP contribution in [0.4, 0.5) is 5.69 Å². The molecule has 0 saturated heterocycles. The summed E-state index contributed by atoms with van der Waals surface area (Å²) in [6, 6.07) is 13.8. The summed E-state index contributed by atoms with van der Waals surface area (Å²) in [6.45, 7) is 0.280. The van der Waals surface area contributed by atoms with Gasteiger partial charge in [-0.15, -0.1) is 11.8 Å². The summed E-state index contributed by atoms with van der Waals surface area (Å²) < 4.78 is 16.3. The van der Waals surface area contributed by atoms with Crippen LogP contribution in [0.3, 0.4) is 0 Å². The highest BCUT2D eigenvalue weighted by molar-refractivity contribution is 7.98. The third kappa shape index (κ3) is 4.91. The van der Waals surface area contributed by atoms with E-state index in [2.05, 4.69) is 0 Å². The number of nitro groups is 1. The van der Waals surface area contributed by atoms with E-state index in [-0.39, 0.29) is 35.8 Å². The Labute approximate surface area is 203 Å². The van der Waals surface area contributed by atoms with Crippen LogP contribution in [-0.4, -0.2) is 29.7 Å². The number of nitro benzene ring substituents is 1. The number of nitrogens with zero attached hydrogens (tertiary/aromatic N) is 1. The van der Waals surface area contributed by atoms with Gasteiger partial charge in [0.05, 0.1) is 22.0 Å². The minimum atomic E-state index is -0.722. The van der Waals surface area contributed by atoms with E-state index in [1.54, 1.807) is 30.5 Å². The fourth-order valence-corrected chi connectivity index (χ4v) is 4.38. The molecule has 1 aliphatic rings. The van der Waals surface area contributed by atoms with Crippen LogP contribution in [0, 0.1) is 10.1 Å². The van der Waals surface area contributed by atoms with E-state index in [9.17, 15) is 19.7 Å². The van der Waals surface area contributed by atoms with Crippen molar-refractivity contribution in [2.75, 3.05) is 13.0 Å². The van der Waals surface area contributed by atoms with Crippen molar-refractivity contribution in [2.24, 2.45) is 0 Å². The number of carbonyl (C=O) groups is 2. The van der Waals surface area contributed by atoms with Gasteiger partial charge in [-0.25, -0.2) is 4.79 Å². The molecule has 1 aliphatic heterocycles. The minimum absolute atomic E-state index is 0.0456. The Balaban J connectivity index is 1.59. The zero-order valence-electron chi connectivity index (χ0n) is 17.9. The van der Waals surface area contributed by atoms with E-state index < -0.39 is 16.7 Å². The number of fused-ring (bicyclic) bond motifs is 1. The zero-order chi connectivity index (χ0) is 24.2. The molecule has 10 heteroatoms. The molecule has 0 N–H and O–H groups in total.